The summed E-state index contributed by atoms with van der Waals surface area (Å²) in [4.78, 5) is 45.4. The van der Waals surface area contributed by atoms with E-state index in [1.807, 2.05) is 40.7 Å². The van der Waals surface area contributed by atoms with Gasteiger partial charge in [0.05, 0.1) is 16.8 Å². The van der Waals surface area contributed by atoms with Gasteiger partial charge in [-0.3, -0.25) is 19.2 Å². The van der Waals surface area contributed by atoms with E-state index in [4.69, 9.17) is 0 Å². The third-order valence-corrected chi connectivity index (χ3v) is 13.1. The minimum atomic E-state index is -0.898. The number of aliphatic hydroxyl groups is 3. The van der Waals surface area contributed by atoms with Crippen molar-refractivity contribution >= 4 is 23.1 Å². The van der Waals surface area contributed by atoms with Crippen molar-refractivity contribution in [2.75, 3.05) is 0 Å². The van der Waals surface area contributed by atoms with Crippen LogP contribution >= 0.6 is 0 Å². The number of Topliss-reactive ketones (excluding diaryl/α,β-unsaturated/α-hetero) is 4. The normalized spacial score (nSPS) is 34.3. The van der Waals surface area contributed by atoms with Gasteiger partial charge in [-0.1, -0.05) is 51.2 Å². The summed E-state index contributed by atoms with van der Waals surface area (Å²) in [6.07, 6.45) is 13.2. The standard InChI is InChI=1S/C14H24O3.C10H18O2.C10H16O.C10H14O/c1-12(2,16)10-4-6-13(3)7-5-11(15)9-14(13,17)8-10;1-7-4-5-8(6-9(7)11)10(2,3)12;2*1-7(2)9-5-4-8(3)10(11)6-9/h10,16-17H,4-9H2,1-3H3;7-8,12H,4-6H2,1-3H3;8-9H,1,4-6H2,2-3H3;4,9H,1,5-6H2,2-3H3/t10-,13-,14?;7?,8-;8?,9-;9-/m1111/s1. The summed E-state index contributed by atoms with van der Waals surface area (Å²) in [5, 5.41) is 30.6. The average Bonchev–Trinajstić information content (AvgIpc) is 3.01. The molecule has 0 heterocycles. The molecule has 3 N–H and O–H groups in total. The number of carbonyl (C=O) groups is 4. The van der Waals surface area contributed by atoms with Crippen molar-refractivity contribution in [2.24, 2.45) is 40.9 Å². The Kier molecular flexibility index (Phi) is 16.0. The van der Waals surface area contributed by atoms with Crippen LogP contribution in [0.15, 0.2) is 36.0 Å². The first-order valence-corrected chi connectivity index (χ1v) is 19.5. The molecular formula is C44H72O7. The summed E-state index contributed by atoms with van der Waals surface area (Å²) in [5.41, 5.74) is 0.733. The summed E-state index contributed by atoms with van der Waals surface area (Å²) >= 11 is 0. The molecule has 4 fully saturated rings. The Labute approximate surface area is 309 Å². The van der Waals surface area contributed by atoms with Crippen LogP contribution in [0.4, 0.5) is 0 Å². The zero-order valence-electron chi connectivity index (χ0n) is 33.8. The van der Waals surface area contributed by atoms with E-state index in [1.165, 1.54) is 5.57 Å². The number of rotatable bonds is 4. The van der Waals surface area contributed by atoms with Crippen molar-refractivity contribution in [3.63, 3.8) is 0 Å². The van der Waals surface area contributed by atoms with Gasteiger partial charge in [-0.05, 0) is 141 Å². The van der Waals surface area contributed by atoms with Crippen LogP contribution in [0.25, 0.3) is 0 Å². The summed E-state index contributed by atoms with van der Waals surface area (Å²) in [5.74, 6) is 2.81. The molecule has 0 aromatic heterocycles. The molecule has 0 aromatic rings. The molecule has 5 rings (SSSR count). The molecule has 8 atom stereocenters. The number of hydrogen-bond acceptors (Lipinski definition) is 7. The van der Waals surface area contributed by atoms with Crippen LogP contribution < -0.4 is 0 Å². The van der Waals surface area contributed by atoms with Crippen LogP contribution in [-0.2, 0) is 19.2 Å². The summed E-state index contributed by atoms with van der Waals surface area (Å²) in [6.45, 7) is 26.9. The van der Waals surface area contributed by atoms with Crippen LogP contribution in [0, 0.1) is 40.9 Å². The Morgan fingerprint density at radius 3 is 1.76 bits per heavy atom. The van der Waals surface area contributed by atoms with E-state index in [0.717, 1.165) is 68.9 Å². The summed E-state index contributed by atoms with van der Waals surface area (Å²) in [6, 6.07) is 0. The molecule has 0 radical (unpaired) electrons. The molecule has 0 saturated heterocycles. The summed E-state index contributed by atoms with van der Waals surface area (Å²) in [7, 11) is 0. The molecule has 290 valence electrons. The topological polar surface area (TPSA) is 129 Å². The minimum Gasteiger partial charge on any atom is -0.390 e. The highest BCUT2D eigenvalue weighted by molar-refractivity contribution is 5.95. The highest BCUT2D eigenvalue weighted by Crippen LogP contribution is 2.55. The van der Waals surface area contributed by atoms with Gasteiger partial charge in [0, 0.05) is 43.9 Å². The largest absolute Gasteiger partial charge is 0.390 e. The molecule has 51 heavy (non-hydrogen) atoms. The number of fused-ring (bicyclic) bond motifs is 1. The third kappa shape index (κ3) is 13.0. The van der Waals surface area contributed by atoms with E-state index in [9.17, 15) is 34.5 Å². The van der Waals surface area contributed by atoms with Gasteiger partial charge in [0.1, 0.15) is 17.3 Å². The van der Waals surface area contributed by atoms with Gasteiger partial charge in [-0.15, -0.1) is 0 Å². The second kappa shape index (κ2) is 18.2. The van der Waals surface area contributed by atoms with Crippen molar-refractivity contribution in [1.29, 1.82) is 0 Å². The second-order valence-corrected chi connectivity index (χ2v) is 18.4. The van der Waals surface area contributed by atoms with Gasteiger partial charge in [0.2, 0.25) is 0 Å². The average molecular weight is 713 g/mol. The first-order valence-electron chi connectivity index (χ1n) is 19.5. The molecule has 7 nitrogen and oxygen atoms in total. The van der Waals surface area contributed by atoms with E-state index >= 15 is 0 Å². The Bertz CT molecular complexity index is 1310. The molecule has 0 spiro atoms. The second-order valence-electron chi connectivity index (χ2n) is 18.4. The predicted molar refractivity (Wildman–Crippen MR) is 206 cm³/mol. The van der Waals surface area contributed by atoms with Crippen LogP contribution in [0.2, 0.25) is 0 Å². The van der Waals surface area contributed by atoms with E-state index in [-0.39, 0.29) is 41.2 Å². The quantitative estimate of drug-likeness (QED) is 0.248. The Balaban J connectivity index is 0.000000240. The van der Waals surface area contributed by atoms with Crippen molar-refractivity contribution in [3.05, 3.63) is 36.0 Å². The van der Waals surface area contributed by atoms with Gasteiger partial charge in [-0.2, -0.15) is 0 Å². The predicted octanol–water partition coefficient (Wildman–Crippen LogP) is 8.87. The molecule has 3 unspecified atom stereocenters. The smallest absolute Gasteiger partial charge is 0.158 e. The molecule has 0 aromatic carbocycles. The maximum atomic E-state index is 11.6. The van der Waals surface area contributed by atoms with E-state index in [1.54, 1.807) is 27.7 Å². The van der Waals surface area contributed by atoms with Crippen LogP contribution in [0.1, 0.15) is 159 Å². The fourth-order valence-corrected chi connectivity index (χ4v) is 8.17. The first-order chi connectivity index (χ1) is 23.3. The van der Waals surface area contributed by atoms with E-state index in [0.29, 0.717) is 55.0 Å². The van der Waals surface area contributed by atoms with Gasteiger partial charge >= 0.3 is 0 Å². The molecule has 5 aliphatic rings. The molecule has 0 amide bonds. The lowest BCUT2D eigenvalue weighted by molar-refractivity contribution is -0.175. The van der Waals surface area contributed by atoms with E-state index in [2.05, 4.69) is 20.1 Å². The van der Waals surface area contributed by atoms with Crippen molar-refractivity contribution in [2.45, 2.75) is 176 Å². The molecule has 0 aliphatic heterocycles. The fourth-order valence-electron chi connectivity index (χ4n) is 8.17. The van der Waals surface area contributed by atoms with E-state index < -0.39 is 16.8 Å². The highest BCUT2D eigenvalue weighted by Gasteiger charge is 2.55. The molecule has 0 bridgehead atoms. The molecule has 5 aliphatic carbocycles. The van der Waals surface area contributed by atoms with Gasteiger partial charge in [0.25, 0.3) is 0 Å². The molecular weight excluding hydrogens is 640 g/mol. The Hall–Kier alpha value is -2.22. The SMILES string of the molecule is C=C(C)[C@@H]1CC=C(C)C(=O)C1.C=C(C)[C@@H]1CCC(C)C(=O)C1.CC(C)(O)[C@@H]1CC[C@]2(C)CCC(=O)CC2(O)C1.CC1CC[C@@H](C(C)(C)O)CC1=O. The van der Waals surface area contributed by atoms with Crippen molar-refractivity contribution < 1.29 is 34.5 Å². The fraction of sp³-hybridized carbons (Fsp3) is 0.773. The number of carbonyl (C=O) groups excluding carboxylic acids is 4. The van der Waals surface area contributed by atoms with Gasteiger partial charge in [-0.25, -0.2) is 0 Å². The lowest BCUT2D eigenvalue weighted by Crippen LogP contribution is -2.57. The maximum absolute atomic E-state index is 11.6. The van der Waals surface area contributed by atoms with Crippen molar-refractivity contribution in [1.82, 2.24) is 0 Å². The minimum absolute atomic E-state index is 0.0893. The number of ketones is 4. The third-order valence-electron chi connectivity index (χ3n) is 13.1. The Morgan fingerprint density at radius 1 is 0.765 bits per heavy atom. The zero-order valence-corrected chi connectivity index (χ0v) is 33.8. The van der Waals surface area contributed by atoms with Crippen LogP contribution in [0.3, 0.4) is 0 Å². The van der Waals surface area contributed by atoms with Gasteiger partial charge < -0.3 is 15.3 Å². The zero-order chi connectivity index (χ0) is 39.1. The van der Waals surface area contributed by atoms with Crippen LogP contribution in [-0.4, -0.2) is 55.3 Å². The lowest BCUT2D eigenvalue weighted by atomic mass is 9.53. The molecule has 7 heteroatoms. The van der Waals surface area contributed by atoms with Gasteiger partial charge in [0.15, 0.2) is 5.78 Å². The number of allylic oxidation sites excluding steroid dienone is 4. The summed E-state index contributed by atoms with van der Waals surface area (Å²) < 4.78 is 0. The van der Waals surface area contributed by atoms with Crippen LogP contribution in [0.5, 0.6) is 0 Å². The highest BCUT2D eigenvalue weighted by atomic mass is 16.3. The van der Waals surface area contributed by atoms with Crippen molar-refractivity contribution in [3.8, 4) is 0 Å². The lowest BCUT2D eigenvalue weighted by Gasteiger charge is -2.55. The molecule has 4 saturated carbocycles. The maximum Gasteiger partial charge on any atom is 0.158 e. The first kappa shape index (κ1) is 44.9. The number of hydrogen-bond donors (Lipinski definition) is 3. The Morgan fingerprint density at radius 2 is 1.29 bits per heavy atom. The monoisotopic (exact) mass is 713 g/mol.